The maximum Gasteiger partial charge on any atom is 0.310 e. The van der Waals surface area contributed by atoms with E-state index in [4.69, 9.17) is 5.26 Å². The van der Waals surface area contributed by atoms with Crippen LogP contribution in [-0.4, -0.2) is 18.1 Å². The van der Waals surface area contributed by atoms with Gasteiger partial charge < -0.3 is 4.74 Å². The molecule has 0 N–H and O–H groups in total. The van der Waals surface area contributed by atoms with Crippen LogP contribution in [0.4, 0.5) is 8.78 Å². The minimum Gasteiger partial charge on any atom is -0.469 e. The van der Waals surface area contributed by atoms with Crippen LogP contribution in [0, 0.1) is 14.9 Å². The number of nitriles is 1. The lowest BCUT2D eigenvalue weighted by atomic mass is 10.0. The van der Waals surface area contributed by atoms with E-state index >= 15 is 0 Å². The number of carbonyl (C=O) groups excluding carboxylic acids is 1. The van der Waals surface area contributed by atoms with Gasteiger partial charge in [-0.15, -0.1) is 0 Å². The van der Waals surface area contributed by atoms with Gasteiger partial charge in [-0.05, 0) is 28.2 Å². The number of ether oxygens (including phenoxy) is 1. The average Bonchev–Trinajstić information content (AvgIpc) is 2.30. The lowest BCUT2D eigenvalue weighted by Crippen LogP contribution is -2.10. The third-order valence-corrected chi connectivity index (χ3v) is 2.96. The van der Waals surface area contributed by atoms with Crippen molar-refractivity contribution in [3.05, 3.63) is 26.6 Å². The Hall–Kier alpha value is -1.30. The van der Waals surface area contributed by atoms with Crippen molar-refractivity contribution in [3.8, 4) is 6.07 Å². The Morgan fingerprint density at radius 2 is 2.35 bits per heavy atom. The van der Waals surface area contributed by atoms with Crippen LogP contribution in [0.5, 0.6) is 0 Å². The molecule has 0 atom stereocenters. The second kappa shape index (κ2) is 5.86. The zero-order valence-corrected chi connectivity index (χ0v) is 10.9. The van der Waals surface area contributed by atoms with Crippen LogP contribution in [0.2, 0.25) is 0 Å². The molecule has 7 heteroatoms. The van der Waals surface area contributed by atoms with Crippen molar-refractivity contribution in [2.75, 3.05) is 7.11 Å². The summed E-state index contributed by atoms with van der Waals surface area (Å²) in [6.07, 6.45) is -1.86. The highest BCUT2D eigenvalue weighted by Crippen LogP contribution is 2.26. The molecule has 0 unspecified atom stereocenters. The van der Waals surface area contributed by atoms with Crippen molar-refractivity contribution in [2.24, 2.45) is 0 Å². The Kier molecular flexibility index (Phi) is 4.74. The molecule has 0 spiro atoms. The van der Waals surface area contributed by atoms with Gasteiger partial charge in [0.05, 0.1) is 19.1 Å². The van der Waals surface area contributed by atoms with Crippen molar-refractivity contribution in [1.29, 1.82) is 5.26 Å². The van der Waals surface area contributed by atoms with Crippen LogP contribution in [0.25, 0.3) is 0 Å². The van der Waals surface area contributed by atoms with Gasteiger partial charge in [0, 0.05) is 9.77 Å². The summed E-state index contributed by atoms with van der Waals surface area (Å²) >= 11 is 1.83. The molecule has 0 aliphatic rings. The van der Waals surface area contributed by atoms with E-state index in [2.05, 4.69) is 9.72 Å². The number of pyridine rings is 1. The molecule has 1 heterocycles. The second-order valence-corrected chi connectivity index (χ2v) is 4.17. The monoisotopic (exact) mass is 352 g/mol. The molecule has 0 saturated carbocycles. The van der Waals surface area contributed by atoms with E-state index in [0.29, 0.717) is 3.57 Å². The van der Waals surface area contributed by atoms with Gasteiger partial charge in [0.15, 0.2) is 0 Å². The third-order valence-electron chi connectivity index (χ3n) is 2.03. The van der Waals surface area contributed by atoms with Gasteiger partial charge in [0.25, 0.3) is 6.43 Å². The van der Waals surface area contributed by atoms with Crippen molar-refractivity contribution in [1.82, 2.24) is 4.98 Å². The molecule has 1 rings (SSSR count). The highest BCUT2D eigenvalue weighted by molar-refractivity contribution is 14.1. The number of hydrogen-bond acceptors (Lipinski definition) is 4. The van der Waals surface area contributed by atoms with E-state index < -0.39 is 18.1 Å². The molecule has 0 fully saturated rings. The summed E-state index contributed by atoms with van der Waals surface area (Å²) in [7, 11) is 1.19. The molecular weight excluding hydrogens is 345 g/mol. The van der Waals surface area contributed by atoms with Crippen molar-refractivity contribution in [2.45, 2.75) is 12.8 Å². The van der Waals surface area contributed by atoms with Crippen LogP contribution in [0.3, 0.4) is 0 Å². The van der Waals surface area contributed by atoms with Gasteiger partial charge in [-0.3, -0.25) is 9.78 Å². The number of hydrogen-bond donors (Lipinski definition) is 0. The number of aromatic nitrogens is 1. The third kappa shape index (κ3) is 3.09. The average molecular weight is 352 g/mol. The summed E-state index contributed by atoms with van der Waals surface area (Å²) in [4.78, 5) is 14.7. The summed E-state index contributed by atoms with van der Waals surface area (Å²) in [5.74, 6) is -0.592. The number of carbonyl (C=O) groups is 1. The first-order valence-electron chi connectivity index (χ1n) is 4.43. The van der Waals surface area contributed by atoms with Crippen LogP contribution in [0.1, 0.15) is 23.2 Å². The van der Waals surface area contributed by atoms with E-state index in [1.54, 1.807) is 6.07 Å². The predicted octanol–water partition coefficient (Wildman–Crippen LogP) is 2.21. The largest absolute Gasteiger partial charge is 0.469 e. The number of esters is 1. The summed E-state index contributed by atoms with van der Waals surface area (Å²) in [5.41, 5.74) is -0.630. The quantitative estimate of drug-likeness (QED) is 0.618. The van der Waals surface area contributed by atoms with Crippen molar-refractivity contribution in [3.63, 3.8) is 0 Å². The van der Waals surface area contributed by atoms with Gasteiger partial charge in [0.2, 0.25) is 0 Å². The van der Waals surface area contributed by atoms with Crippen LogP contribution in [-0.2, 0) is 16.0 Å². The number of alkyl halides is 2. The molecule has 0 amide bonds. The Morgan fingerprint density at radius 3 is 2.82 bits per heavy atom. The number of nitrogens with zero attached hydrogens (tertiary/aromatic N) is 2. The number of halogens is 3. The normalized spacial score (nSPS) is 10.1. The first kappa shape index (κ1) is 13.8. The molecule has 90 valence electrons. The fraction of sp³-hybridized carbons (Fsp3) is 0.300. The van der Waals surface area contributed by atoms with Gasteiger partial charge >= 0.3 is 5.97 Å². The van der Waals surface area contributed by atoms with E-state index in [1.165, 1.54) is 13.3 Å². The van der Waals surface area contributed by atoms with Crippen molar-refractivity contribution >= 4 is 28.6 Å². The first-order chi connectivity index (χ1) is 8.01. The standard InChI is InChI=1S/C10H7F2IN2O2/c1-17-8(16)2-5-6(3-14)9(10(11)12)15-4-7(5)13/h4,10H,2H2,1H3. The molecule has 0 aliphatic carbocycles. The molecule has 4 nitrogen and oxygen atoms in total. The lowest BCUT2D eigenvalue weighted by Gasteiger charge is -2.09. The Labute approximate surface area is 110 Å². The zero-order valence-electron chi connectivity index (χ0n) is 8.71. The molecule has 0 saturated heterocycles. The molecule has 0 aromatic carbocycles. The van der Waals surface area contributed by atoms with Gasteiger partial charge in [-0.2, -0.15) is 5.26 Å². The molecule has 0 radical (unpaired) electrons. The molecule has 1 aromatic rings. The maximum atomic E-state index is 12.6. The lowest BCUT2D eigenvalue weighted by molar-refractivity contribution is -0.139. The Balaban J connectivity index is 3.32. The minimum absolute atomic E-state index is 0.222. The smallest absolute Gasteiger partial charge is 0.310 e. The van der Waals surface area contributed by atoms with E-state index in [0.717, 1.165) is 0 Å². The highest BCUT2D eigenvalue weighted by atomic mass is 127. The van der Waals surface area contributed by atoms with Crippen LogP contribution in [0.15, 0.2) is 6.20 Å². The molecule has 17 heavy (non-hydrogen) atoms. The SMILES string of the molecule is COC(=O)Cc1c(I)cnc(C(F)F)c1C#N. The fourth-order valence-corrected chi connectivity index (χ4v) is 1.82. The van der Waals surface area contributed by atoms with E-state index in [-0.39, 0.29) is 17.5 Å². The molecule has 1 aromatic heterocycles. The fourth-order valence-electron chi connectivity index (χ4n) is 1.22. The zero-order chi connectivity index (χ0) is 13.0. The predicted molar refractivity (Wildman–Crippen MR) is 62.3 cm³/mol. The number of methoxy groups -OCH3 is 1. The van der Waals surface area contributed by atoms with E-state index in [9.17, 15) is 13.6 Å². The summed E-state index contributed by atoms with van der Waals surface area (Å²) in [6.45, 7) is 0. The summed E-state index contributed by atoms with van der Waals surface area (Å²) in [5, 5.41) is 8.88. The minimum atomic E-state index is -2.85. The molecular formula is C10H7F2IN2O2. The molecule has 0 bridgehead atoms. The number of rotatable bonds is 3. The van der Waals surface area contributed by atoms with Gasteiger partial charge in [-0.1, -0.05) is 0 Å². The highest BCUT2D eigenvalue weighted by Gasteiger charge is 2.21. The van der Waals surface area contributed by atoms with E-state index in [1.807, 2.05) is 22.6 Å². The second-order valence-electron chi connectivity index (χ2n) is 3.01. The maximum absolute atomic E-state index is 12.6. The van der Waals surface area contributed by atoms with Gasteiger partial charge in [-0.25, -0.2) is 8.78 Å². The Morgan fingerprint density at radius 1 is 1.71 bits per heavy atom. The topological polar surface area (TPSA) is 63.0 Å². The summed E-state index contributed by atoms with van der Waals surface area (Å²) < 4.78 is 30.2. The van der Waals surface area contributed by atoms with Crippen LogP contribution >= 0.6 is 22.6 Å². The Bertz CT molecular complexity index is 486. The van der Waals surface area contributed by atoms with Crippen LogP contribution < -0.4 is 0 Å². The first-order valence-corrected chi connectivity index (χ1v) is 5.51. The van der Waals surface area contributed by atoms with Crippen molar-refractivity contribution < 1.29 is 18.3 Å². The van der Waals surface area contributed by atoms with Gasteiger partial charge in [0.1, 0.15) is 11.8 Å². The summed E-state index contributed by atoms with van der Waals surface area (Å²) in [6, 6.07) is 1.66. The molecule has 0 aliphatic heterocycles.